The number of hydrogen-bond donors (Lipinski definition) is 0. The van der Waals surface area contributed by atoms with Gasteiger partial charge in [0.05, 0.1) is 0 Å². The van der Waals surface area contributed by atoms with E-state index in [1.54, 1.807) is 18.2 Å². The highest BCUT2D eigenvalue weighted by Gasteiger charge is 2.16. The van der Waals surface area contributed by atoms with Crippen LogP contribution in [-0.2, 0) is 10.4 Å². The van der Waals surface area contributed by atoms with Crippen LogP contribution in [0.3, 0.4) is 0 Å². The van der Waals surface area contributed by atoms with Crippen LogP contribution in [0, 0.1) is 11.6 Å². The molecule has 100 valence electrons. The minimum Gasteiger partial charge on any atom is -0.353 e. The lowest BCUT2D eigenvalue weighted by molar-refractivity contribution is 0.390. The molecule has 0 radical (unpaired) electrons. The van der Waals surface area contributed by atoms with Gasteiger partial charge in [0.25, 0.3) is 0 Å². The van der Waals surface area contributed by atoms with Crippen LogP contribution in [0.2, 0.25) is 0 Å². The Balaban J connectivity index is 2.17. The van der Waals surface area contributed by atoms with Crippen molar-refractivity contribution in [1.82, 2.24) is 0 Å². The largest absolute Gasteiger partial charge is 0.500 e. The number of para-hydroxylation sites is 1. The van der Waals surface area contributed by atoms with Crippen molar-refractivity contribution in [3.8, 4) is 11.5 Å². The van der Waals surface area contributed by atoms with Crippen molar-refractivity contribution in [3.05, 3.63) is 60.2 Å². The first-order chi connectivity index (χ1) is 8.94. The topological polar surface area (TPSA) is 52.6 Å². The lowest BCUT2D eigenvalue weighted by Crippen LogP contribution is -2.16. The third-order valence-corrected chi connectivity index (χ3v) is 2.77. The Morgan fingerprint density at radius 1 is 0.789 bits per heavy atom. The molecule has 4 nitrogen and oxygen atoms in total. The first kappa shape index (κ1) is 13.3. The van der Waals surface area contributed by atoms with Crippen molar-refractivity contribution in [1.29, 1.82) is 0 Å². The molecule has 0 aromatic heterocycles. The molecule has 2 rings (SSSR count). The molecule has 0 aliphatic heterocycles. The normalized spacial score (nSPS) is 11.1. The summed E-state index contributed by atoms with van der Waals surface area (Å²) >= 11 is 0. The van der Waals surface area contributed by atoms with Crippen LogP contribution in [0.25, 0.3) is 0 Å². The average molecular weight is 286 g/mol. The molecular weight excluding hydrogens is 278 g/mol. The Hall–Kier alpha value is -2.15. The Labute approximate surface area is 108 Å². The van der Waals surface area contributed by atoms with Gasteiger partial charge in [0.2, 0.25) is 0 Å². The second-order valence-electron chi connectivity index (χ2n) is 3.49. The summed E-state index contributed by atoms with van der Waals surface area (Å²) in [6, 6.07) is 9.64. The van der Waals surface area contributed by atoms with E-state index in [1.165, 1.54) is 12.1 Å². The van der Waals surface area contributed by atoms with Crippen LogP contribution < -0.4 is 8.37 Å². The standard InChI is InChI=1S/C12H8F2O4S/c13-9-6-10(14)8-12(7-9)18-19(15,16)17-11-4-2-1-3-5-11/h1-8H. The van der Waals surface area contributed by atoms with E-state index in [0.717, 1.165) is 12.1 Å². The van der Waals surface area contributed by atoms with Gasteiger partial charge in [-0.1, -0.05) is 18.2 Å². The zero-order valence-electron chi connectivity index (χ0n) is 9.42. The van der Waals surface area contributed by atoms with E-state index >= 15 is 0 Å². The molecule has 2 aromatic carbocycles. The first-order valence-corrected chi connectivity index (χ1v) is 6.43. The van der Waals surface area contributed by atoms with Crippen LogP contribution in [0.15, 0.2) is 48.5 Å². The average Bonchev–Trinajstić information content (AvgIpc) is 2.27. The highest BCUT2D eigenvalue weighted by molar-refractivity contribution is 7.82. The van der Waals surface area contributed by atoms with E-state index in [1.807, 2.05) is 0 Å². The third kappa shape index (κ3) is 3.92. The van der Waals surface area contributed by atoms with Crippen molar-refractivity contribution in [3.63, 3.8) is 0 Å². The minimum atomic E-state index is -4.45. The summed E-state index contributed by atoms with van der Waals surface area (Å²) in [6.07, 6.45) is 0. The molecule has 0 spiro atoms. The molecule has 7 heteroatoms. The molecule has 0 atom stereocenters. The van der Waals surface area contributed by atoms with Gasteiger partial charge in [0, 0.05) is 18.2 Å². The van der Waals surface area contributed by atoms with E-state index in [-0.39, 0.29) is 5.75 Å². The number of rotatable bonds is 4. The molecule has 0 fully saturated rings. The molecule has 0 saturated carbocycles. The van der Waals surface area contributed by atoms with Gasteiger partial charge in [-0.3, -0.25) is 0 Å². The lowest BCUT2D eigenvalue weighted by atomic mass is 10.3. The van der Waals surface area contributed by atoms with Gasteiger partial charge in [-0.2, -0.15) is 0 Å². The Morgan fingerprint density at radius 3 is 1.89 bits per heavy atom. The van der Waals surface area contributed by atoms with Crippen molar-refractivity contribution in [2.75, 3.05) is 0 Å². The second kappa shape index (κ2) is 5.23. The van der Waals surface area contributed by atoms with Crippen LogP contribution in [0.4, 0.5) is 8.78 Å². The van der Waals surface area contributed by atoms with Crippen LogP contribution in [0.5, 0.6) is 11.5 Å². The summed E-state index contributed by atoms with van der Waals surface area (Å²) in [4.78, 5) is 0. The molecule has 2 aromatic rings. The third-order valence-electron chi connectivity index (χ3n) is 1.98. The predicted molar refractivity (Wildman–Crippen MR) is 63.0 cm³/mol. The number of benzene rings is 2. The van der Waals surface area contributed by atoms with Gasteiger partial charge < -0.3 is 8.37 Å². The van der Waals surface area contributed by atoms with Gasteiger partial charge in [0.1, 0.15) is 17.4 Å². The first-order valence-electron chi connectivity index (χ1n) is 5.10. The highest BCUT2D eigenvalue weighted by Crippen LogP contribution is 2.19. The monoisotopic (exact) mass is 286 g/mol. The molecule has 0 bridgehead atoms. The number of halogens is 2. The van der Waals surface area contributed by atoms with Gasteiger partial charge in [-0.15, -0.1) is 8.42 Å². The summed E-state index contributed by atoms with van der Waals surface area (Å²) in [7, 11) is -4.45. The molecule has 0 N–H and O–H groups in total. The summed E-state index contributed by atoms with van der Waals surface area (Å²) in [5.74, 6) is -2.39. The van der Waals surface area contributed by atoms with Gasteiger partial charge in [0.15, 0.2) is 5.75 Å². The lowest BCUT2D eigenvalue weighted by Gasteiger charge is -2.07. The van der Waals surface area contributed by atoms with Gasteiger partial charge in [-0.25, -0.2) is 8.78 Å². The fraction of sp³-hybridized carbons (Fsp3) is 0. The zero-order chi connectivity index (χ0) is 13.9. The minimum absolute atomic E-state index is 0.0272. The van der Waals surface area contributed by atoms with Crippen LogP contribution >= 0.6 is 0 Å². The SMILES string of the molecule is O=S(=O)(Oc1ccccc1)Oc1cc(F)cc(F)c1. The van der Waals surface area contributed by atoms with Gasteiger partial charge >= 0.3 is 10.4 Å². The summed E-state index contributed by atoms with van der Waals surface area (Å²) in [6.45, 7) is 0. The Kier molecular flexibility index (Phi) is 3.66. The molecule has 0 saturated heterocycles. The highest BCUT2D eigenvalue weighted by atomic mass is 32.3. The molecule has 19 heavy (non-hydrogen) atoms. The number of hydrogen-bond acceptors (Lipinski definition) is 4. The van der Waals surface area contributed by atoms with E-state index in [0.29, 0.717) is 6.07 Å². The Bertz CT molecular complexity index is 651. The van der Waals surface area contributed by atoms with E-state index < -0.39 is 27.8 Å². The Morgan fingerprint density at radius 2 is 1.32 bits per heavy atom. The quantitative estimate of drug-likeness (QED) is 0.867. The van der Waals surface area contributed by atoms with E-state index in [2.05, 4.69) is 8.37 Å². The smallest absolute Gasteiger partial charge is 0.353 e. The molecule has 0 aliphatic rings. The van der Waals surface area contributed by atoms with E-state index in [9.17, 15) is 17.2 Å². The fourth-order valence-corrected chi connectivity index (χ4v) is 2.02. The summed E-state index contributed by atoms with van der Waals surface area (Å²) in [5, 5.41) is 0. The fourth-order valence-electron chi connectivity index (χ4n) is 1.31. The van der Waals surface area contributed by atoms with Crippen molar-refractivity contribution >= 4 is 10.4 Å². The molecule has 0 unspecified atom stereocenters. The maximum atomic E-state index is 12.9. The van der Waals surface area contributed by atoms with Crippen molar-refractivity contribution < 1.29 is 25.6 Å². The molecular formula is C12H8F2O4S. The summed E-state index contributed by atoms with van der Waals surface area (Å²) < 4.78 is 57.8. The van der Waals surface area contributed by atoms with Crippen LogP contribution in [0.1, 0.15) is 0 Å². The molecule has 0 amide bonds. The van der Waals surface area contributed by atoms with Gasteiger partial charge in [-0.05, 0) is 12.1 Å². The second-order valence-corrected chi connectivity index (χ2v) is 4.64. The zero-order valence-corrected chi connectivity index (χ0v) is 10.2. The maximum absolute atomic E-state index is 12.9. The molecule has 0 heterocycles. The molecule has 0 aliphatic carbocycles. The maximum Gasteiger partial charge on any atom is 0.500 e. The predicted octanol–water partition coefficient (Wildman–Crippen LogP) is 2.67. The summed E-state index contributed by atoms with van der Waals surface area (Å²) in [5.41, 5.74) is 0. The van der Waals surface area contributed by atoms with Crippen molar-refractivity contribution in [2.24, 2.45) is 0 Å². The van der Waals surface area contributed by atoms with Crippen LogP contribution in [-0.4, -0.2) is 8.42 Å². The van der Waals surface area contributed by atoms with Crippen molar-refractivity contribution in [2.45, 2.75) is 0 Å². The van der Waals surface area contributed by atoms with E-state index in [4.69, 9.17) is 0 Å².